The Morgan fingerprint density at radius 1 is 0.208 bits per heavy atom. The van der Waals surface area contributed by atoms with Crippen LogP contribution in [0.3, 0.4) is 0 Å². The highest BCUT2D eigenvalue weighted by atomic mass is 16.4. The Morgan fingerprint density at radius 3 is 0.701 bits per heavy atom. The maximum atomic E-state index is 11.3. The minimum absolute atomic E-state index is 0. The lowest BCUT2D eigenvalue weighted by atomic mass is 9.78. The molecule has 0 spiro atoms. The molecule has 1 saturated carbocycles. The third kappa shape index (κ3) is 41.3. The second-order valence-corrected chi connectivity index (χ2v) is 55.8. The standard InChI is InChI=1S/C15H27NO2.2C14H28N2.2C13H26N2.2C12H24N2.2C11H22N2.3CO2.CH4/c1-15(2,3)16-9-7-11(8-10-16)12-5-4-6-13(12)14(17)18;1-12-7-5-6-9-16(12)13-8-10-15(11-13)14(2,3)4;1-14(2,3)16-11-7-13(8-12-16)15-9-5-4-6-10-15;1-11-5-10-15(11)12-6-8-14(9-7-12)13(2,3)4;1-11-6-5-8-15(11)12-7-9-14(10-12)13(2,3)4;1-10-5-8-14(10)11-6-7-13(9-11)12(2,3)4;1-12(2,3)14-9-11(10-14)13-7-5-4-6-8-13;1-9-5-6-13(9)10-7-12(8-10)11(2,3)4;1-11(2,3)13-8-10(9-13)12-6-4-5-7-12;3*2-1-3;/h11-13H,4-10H2,1-3H3,(H,17,18);12-13H,5-11H2,1-4H3;13H,4-12H2,1-3H3;2*11-12H,5-10H2,1-4H3;10-11H,5-9H2,1-4H3;11H,4-10H2,1-3H3;9-10H,5-8H2,1-4H3;10H,4-9H2,1-3H3;;;;1H4. The van der Waals surface area contributed by atoms with Gasteiger partial charge in [-0.2, -0.15) is 28.8 Å². The van der Waals surface area contributed by atoms with Crippen molar-refractivity contribution in [3.8, 4) is 0 Å². The summed E-state index contributed by atoms with van der Waals surface area (Å²) in [5, 5.41) is 9.29. The summed E-state index contributed by atoms with van der Waals surface area (Å²) in [4.78, 5) is 105. The minimum atomic E-state index is -0.559. The van der Waals surface area contributed by atoms with E-state index in [9.17, 15) is 9.90 Å². The number of carbonyl (C=O) groups excluding carboxylic acids is 6. The molecule has 0 aromatic heterocycles. The normalized spacial score (nSPS) is 29.6. The summed E-state index contributed by atoms with van der Waals surface area (Å²) in [7, 11) is 0. The fourth-order valence-corrected chi connectivity index (χ4v) is 26.2. The second kappa shape index (κ2) is 59.6. The van der Waals surface area contributed by atoms with Gasteiger partial charge in [0, 0.05) is 253 Å². The number of rotatable bonds is 10. The van der Waals surface area contributed by atoms with Crippen LogP contribution in [0.1, 0.15) is 409 Å². The van der Waals surface area contributed by atoms with Crippen molar-refractivity contribution in [2.24, 2.45) is 17.8 Å². The number of carbonyl (C=O) groups is 1. The molecule has 1 N–H and O–H groups in total. The van der Waals surface area contributed by atoms with E-state index in [2.05, 4.69) is 305 Å². The maximum absolute atomic E-state index is 11.3. The van der Waals surface area contributed by atoms with Crippen LogP contribution in [0.15, 0.2) is 0 Å². The van der Waals surface area contributed by atoms with Crippen LogP contribution in [0.25, 0.3) is 0 Å². The molecule has 840 valence electrons. The molecule has 0 aromatic carbocycles. The van der Waals surface area contributed by atoms with Gasteiger partial charge in [-0.3, -0.25) is 83.2 Å². The topological polar surface area (TPSA) is 195 Å². The van der Waals surface area contributed by atoms with Crippen molar-refractivity contribution in [1.82, 2.24) is 83.3 Å². The number of likely N-dealkylation sites (tertiary alicyclic amines) is 17. The van der Waals surface area contributed by atoms with E-state index >= 15 is 0 Å². The summed E-state index contributed by atoms with van der Waals surface area (Å²) in [6.07, 6.45) is 38.7. The van der Waals surface area contributed by atoms with Gasteiger partial charge in [0.15, 0.2) is 0 Å². The molecule has 0 amide bonds. The highest BCUT2D eigenvalue weighted by Gasteiger charge is 2.47. The van der Waals surface area contributed by atoms with Crippen LogP contribution in [0, 0.1) is 17.8 Å². The Labute approximate surface area is 886 Å². The van der Waals surface area contributed by atoms with Crippen molar-refractivity contribution in [2.75, 3.05) is 190 Å². The molecule has 0 aromatic rings. The van der Waals surface area contributed by atoms with Crippen LogP contribution >= 0.6 is 0 Å². The molecule has 10 atom stereocenters. The predicted molar refractivity (Wildman–Crippen MR) is 597 cm³/mol. The molecule has 0 bridgehead atoms. The third-order valence-electron chi connectivity index (χ3n) is 37.0. The van der Waals surface area contributed by atoms with Crippen LogP contribution in [-0.2, 0) is 33.6 Å². The molecular weight excluding hydrogens is 1800 g/mol. The fourth-order valence-electron chi connectivity index (χ4n) is 26.2. The summed E-state index contributed by atoms with van der Waals surface area (Å²) in [6, 6.07) is 11.1. The molecule has 18 fully saturated rings. The first kappa shape index (κ1) is 130. The molecule has 17 heterocycles. The number of piperidine rings is 6. The van der Waals surface area contributed by atoms with E-state index < -0.39 is 5.97 Å². The van der Waals surface area contributed by atoms with E-state index in [1.165, 1.54) is 337 Å². The SMILES string of the molecule is C.CC(C)(C)N1CC(N2CCCC2)C1.CC(C)(C)N1CC(N2CCCCC2)C1.CC(C)(C)N1CCC(C2CCCC2C(=O)O)CC1.CC(C)(C)N1CCC(N2CCCCC2)CC1.CC1CCCCN1C1CCN(C(C)(C)C)C1.CC1CCCN1C1CCN(C(C)(C)C)C1.CC1CCN1C1CCN(C(C)(C)C)C1.CC1CCN1C1CCN(C(C)(C)C)CC1.CC1CCN1C1CN(C(C)(C)C)C1.O=C=O.O=C=O.O=C=O. The molecule has 1 aliphatic carbocycles. The molecule has 25 nitrogen and oxygen atoms in total. The van der Waals surface area contributed by atoms with Gasteiger partial charge in [-0.05, 0) is 453 Å². The van der Waals surface area contributed by atoms with E-state index in [1.807, 2.05) is 0 Å². The largest absolute Gasteiger partial charge is 0.481 e. The van der Waals surface area contributed by atoms with Gasteiger partial charge in [0.05, 0.1) is 5.92 Å². The lowest BCUT2D eigenvalue weighted by molar-refractivity contribution is -0.193. The van der Waals surface area contributed by atoms with Gasteiger partial charge in [0.25, 0.3) is 0 Å². The summed E-state index contributed by atoms with van der Waals surface area (Å²) in [6.45, 7) is 112. The van der Waals surface area contributed by atoms with Crippen molar-refractivity contribution in [3.05, 3.63) is 0 Å². The molecule has 144 heavy (non-hydrogen) atoms. The maximum Gasteiger partial charge on any atom is 0.373 e. The van der Waals surface area contributed by atoms with Crippen LogP contribution in [-0.4, -0.2) is 431 Å². The second-order valence-electron chi connectivity index (χ2n) is 55.8. The van der Waals surface area contributed by atoms with Gasteiger partial charge in [-0.15, -0.1) is 0 Å². The number of nitrogens with zero attached hydrogens (tertiary/aromatic N) is 17. The van der Waals surface area contributed by atoms with Crippen molar-refractivity contribution < 1.29 is 38.7 Å². The summed E-state index contributed by atoms with van der Waals surface area (Å²) < 4.78 is 0. The van der Waals surface area contributed by atoms with Gasteiger partial charge in [-0.1, -0.05) is 33.1 Å². The first-order valence-electron chi connectivity index (χ1n) is 58.7. The Kier molecular flexibility index (Phi) is 53.6. The van der Waals surface area contributed by atoms with Crippen LogP contribution in [0.4, 0.5) is 0 Å². The molecule has 10 unspecified atom stereocenters. The van der Waals surface area contributed by atoms with Crippen LogP contribution in [0.2, 0.25) is 0 Å². The average molecular weight is 2030 g/mol. The lowest BCUT2D eigenvalue weighted by Crippen LogP contribution is -2.68. The van der Waals surface area contributed by atoms with E-state index in [1.54, 1.807) is 0 Å². The molecule has 18 rings (SSSR count). The van der Waals surface area contributed by atoms with Gasteiger partial charge in [0.2, 0.25) is 0 Å². The van der Waals surface area contributed by atoms with Crippen LogP contribution in [0.5, 0.6) is 0 Å². The number of carboxylic acid groups (broad SMARTS) is 1. The number of hydrogen-bond acceptors (Lipinski definition) is 24. The smallest absolute Gasteiger partial charge is 0.373 e. The molecule has 17 aliphatic heterocycles. The van der Waals surface area contributed by atoms with Crippen molar-refractivity contribution >= 4 is 24.4 Å². The van der Waals surface area contributed by atoms with E-state index in [4.69, 9.17) is 28.8 Å². The fraction of sp³-hybridized carbons (Fsp3) is 0.966. The number of aliphatic carboxylic acids is 1. The number of hydrogen-bond donors (Lipinski definition) is 1. The quantitative estimate of drug-likeness (QED) is 0.217. The van der Waals surface area contributed by atoms with Gasteiger partial charge in [0.1, 0.15) is 0 Å². The zero-order valence-electron chi connectivity index (χ0n) is 99.0. The van der Waals surface area contributed by atoms with E-state index in [0.29, 0.717) is 56.1 Å². The zero-order chi connectivity index (χ0) is 107. The monoisotopic (exact) mass is 2030 g/mol. The van der Waals surface area contributed by atoms with E-state index in [-0.39, 0.29) is 37.3 Å². The van der Waals surface area contributed by atoms with Crippen molar-refractivity contribution in [1.29, 1.82) is 0 Å². The molecular formula is C119H231N17O8. The molecule has 25 heteroatoms. The summed E-state index contributed by atoms with van der Waals surface area (Å²) >= 11 is 0. The third-order valence-corrected chi connectivity index (χ3v) is 37.0. The Hall–Kier alpha value is -3.07. The van der Waals surface area contributed by atoms with Gasteiger partial charge >= 0.3 is 24.4 Å². The minimum Gasteiger partial charge on any atom is -0.481 e. The average Bonchev–Trinajstić information content (AvgIpc) is 1.16. The highest BCUT2D eigenvalue weighted by molar-refractivity contribution is 5.70. The van der Waals surface area contributed by atoms with Gasteiger partial charge in [-0.25, -0.2) is 0 Å². The highest BCUT2D eigenvalue weighted by Crippen LogP contribution is 2.44. The van der Waals surface area contributed by atoms with Crippen LogP contribution < -0.4 is 0 Å². The molecule has 18 aliphatic rings. The Balaban J connectivity index is 0.000000245. The Bertz CT molecular complexity index is 3570. The van der Waals surface area contributed by atoms with Crippen molar-refractivity contribution in [2.45, 2.75) is 537 Å². The molecule has 0 radical (unpaired) electrons. The van der Waals surface area contributed by atoms with Crippen molar-refractivity contribution in [3.63, 3.8) is 0 Å². The Morgan fingerprint density at radius 2 is 0.431 bits per heavy atom. The van der Waals surface area contributed by atoms with Gasteiger partial charge < -0.3 is 10.0 Å². The first-order valence-corrected chi connectivity index (χ1v) is 58.7. The summed E-state index contributed by atoms with van der Waals surface area (Å²) in [5.74, 6) is 0.476. The lowest BCUT2D eigenvalue weighted by Gasteiger charge is -2.56. The van der Waals surface area contributed by atoms with E-state index in [0.717, 1.165) is 111 Å². The number of carboxylic acids is 1. The predicted octanol–water partition coefficient (Wildman–Crippen LogP) is 19.1. The molecule has 17 saturated heterocycles. The first-order chi connectivity index (χ1) is 66.8. The summed E-state index contributed by atoms with van der Waals surface area (Å²) in [5.41, 5.74) is 3.21. The zero-order valence-corrected chi connectivity index (χ0v) is 99.0.